The lowest BCUT2D eigenvalue weighted by Gasteiger charge is -2.21. The normalized spacial score (nSPS) is 18.1. The topological polar surface area (TPSA) is 26.0 Å². The zero-order chi connectivity index (χ0) is 11.5. The summed E-state index contributed by atoms with van der Waals surface area (Å²) in [5.74, 6) is 0. The van der Waals surface area contributed by atoms with Crippen LogP contribution in [0.25, 0.3) is 0 Å². The summed E-state index contributed by atoms with van der Waals surface area (Å²) in [4.78, 5) is 0. The van der Waals surface area contributed by atoms with E-state index in [1.54, 1.807) is 0 Å². The minimum Gasteiger partial charge on any atom is -0.321 e. The van der Waals surface area contributed by atoms with Gasteiger partial charge >= 0.3 is 0 Å². The summed E-state index contributed by atoms with van der Waals surface area (Å²) in [6.45, 7) is 4.28. The standard InChI is InChI=1S/C15H21N/c1-11-8-9-12(2)14(10-11)15(16)13-6-4-3-5-7-13/h6,8-10,15H,3-5,7,16H2,1-2H3. The molecule has 1 aromatic carbocycles. The molecule has 1 aliphatic rings. The van der Waals surface area contributed by atoms with Gasteiger partial charge in [0.15, 0.2) is 0 Å². The highest BCUT2D eigenvalue weighted by atomic mass is 14.6. The first-order valence-corrected chi connectivity index (χ1v) is 6.20. The Morgan fingerprint density at radius 2 is 2.00 bits per heavy atom. The molecule has 0 saturated carbocycles. The number of aryl methyl sites for hydroxylation is 2. The molecule has 0 radical (unpaired) electrons. The number of rotatable bonds is 2. The van der Waals surface area contributed by atoms with E-state index in [9.17, 15) is 0 Å². The number of allylic oxidation sites excluding steroid dienone is 1. The Morgan fingerprint density at radius 3 is 2.69 bits per heavy atom. The van der Waals surface area contributed by atoms with Gasteiger partial charge in [0.25, 0.3) is 0 Å². The molecule has 0 bridgehead atoms. The van der Waals surface area contributed by atoms with Crippen molar-refractivity contribution in [2.75, 3.05) is 0 Å². The molecule has 2 N–H and O–H groups in total. The van der Waals surface area contributed by atoms with Gasteiger partial charge in [-0.05, 0) is 50.7 Å². The lowest BCUT2D eigenvalue weighted by Crippen LogP contribution is -2.16. The predicted molar refractivity (Wildman–Crippen MR) is 69.4 cm³/mol. The molecule has 0 fully saturated rings. The molecule has 0 aromatic heterocycles. The third-order valence-electron chi connectivity index (χ3n) is 3.50. The minimum atomic E-state index is 0.111. The van der Waals surface area contributed by atoms with Crippen molar-refractivity contribution >= 4 is 0 Å². The van der Waals surface area contributed by atoms with Crippen molar-refractivity contribution in [2.45, 2.75) is 45.6 Å². The van der Waals surface area contributed by atoms with Crippen molar-refractivity contribution < 1.29 is 0 Å². The van der Waals surface area contributed by atoms with Gasteiger partial charge in [0.05, 0.1) is 6.04 Å². The monoisotopic (exact) mass is 215 g/mol. The van der Waals surface area contributed by atoms with E-state index in [4.69, 9.17) is 5.73 Å². The molecular weight excluding hydrogens is 194 g/mol. The van der Waals surface area contributed by atoms with Crippen LogP contribution in [-0.2, 0) is 0 Å². The molecule has 86 valence electrons. The Hall–Kier alpha value is -1.08. The Labute approximate surface area is 98.4 Å². The smallest absolute Gasteiger partial charge is 0.0513 e. The average molecular weight is 215 g/mol. The van der Waals surface area contributed by atoms with Crippen LogP contribution in [-0.4, -0.2) is 0 Å². The molecule has 1 aliphatic carbocycles. The average Bonchev–Trinajstić information content (AvgIpc) is 2.32. The Balaban J connectivity index is 2.29. The van der Waals surface area contributed by atoms with E-state index >= 15 is 0 Å². The number of benzene rings is 1. The van der Waals surface area contributed by atoms with Gasteiger partial charge in [-0.2, -0.15) is 0 Å². The van der Waals surface area contributed by atoms with Crippen LogP contribution in [0, 0.1) is 13.8 Å². The first-order chi connectivity index (χ1) is 7.68. The summed E-state index contributed by atoms with van der Waals surface area (Å²) >= 11 is 0. The zero-order valence-electron chi connectivity index (χ0n) is 10.3. The molecule has 16 heavy (non-hydrogen) atoms. The second-order valence-corrected chi connectivity index (χ2v) is 4.86. The third-order valence-corrected chi connectivity index (χ3v) is 3.50. The first kappa shape index (κ1) is 11.4. The first-order valence-electron chi connectivity index (χ1n) is 6.20. The molecule has 1 atom stereocenters. The van der Waals surface area contributed by atoms with Crippen LogP contribution in [0.2, 0.25) is 0 Å². The van der Waals surface area contributed by atoms with E-state index in [1.165, 1.54) is 47.9 Å². The molecule has 0 aliphatic heterocycles. The quantitative estimate of drug-likeness (QED) is 0.746. The van der Waals surface area contributed by atoms with E-state index in [1.807, 2.05) is 0 Å². The van der Waals surface area contributed by atoms with Gasteiger partial charge in [-0.3, -0.25) is 0 Å². The SMILES string of the molecule is Cc1ccc(C)c(C(N)C2=CCCCC2)c1. The van der Waals surface area contributed by atoms with Gasteiger partial charge in [0.1, 0.15) is 0 Å². The van der Waals surface area contributed by atoms with Crippen LogP contribution in [0.1, 0.15) is 48.4 Å². The molecule has 0 spiro atoms. The molecule has 1 nitrogen and oxygen atoms in total. The van der Waals surface area contributed by atoms with Crippen LogP contribution < -0.4 is 5.73 Å². The predicted octanol–water partition coefficient (Wildman–Crippen LogP) is 3.80. The zero-order valence-corrected chi connectivity index (χ0v) is 10.3. The van der Waals surface area contributed by atoms with Gasteiger partial charge in [0, 0.05) is 0 Å². The van der Waals surface area contributed by atoms with E-state index < -0.39 is 0 Å². The Kier molecular flexibility index (Phi) is 3.45. The van der Waals surface area contributed by atoms with Crippen LogP contribution in [0.3, 0.4) is 0 Å². The van der Waals surface area contributed by atoms with Crippen LogP contribution >= 0.6 is 0 Å². The van der Waals surface area contributed by atoms with Crippen molar-refractivity contribution in [1.29, 1.82) is 0 Å². The number of hydrogen-bond donors (Lipinski definition) is 1. The van der Waals surface area contributed by atoms with E-state index in [0.29, 0.717) is 0 Å². The highest BCUT2D eigenvalue weighted by Gasteiger charge is 2.15. The molecule has 1 unspecified atom stereocenters. The van der Waals surface area contributed by atoms with E-state index in [0.717, 1.165) is 0 Å². The van der Waals surface area contributed by atoms with Gasteiger partial charge in [-0.1, -0.05) is 35.4 Å². The van der Waals surface area contributed by atoms with Crippen molar-refractivity contribution in [1.82, 2.24) is 0 Å². The van der Waals surface area contributed by atoms with Crippen LogP contribution in [0.5, 0.6) is 0 Å². The van der Waals surface area contributed by atoms with Gasteiger partial charge < -0.3 is 5.73 Å². The second kappa shape index (κ2) is 4.84. The fraction of sp³-hybridized carbons (Fsp3) is 0.467. The van der Waals surface area contributed by atoms with Crippen LogP contribution in [0.15, 0.2) is 29.8 Å². The van der Waals surface area contributed by atoms with Crippen molar-refractivity contribution in [2.24, 2.45) is 5.73 Å². The summed E-state index contributed by atoms with van der Waals surface area (Å²) in [5, 5.41) is 0. The summed E-state index contributed by atoms with van der Waals surface area (Å²) in [6, 6.07) is 6.67. The highest BCUT2D eigenvalue weighted by molar-refractivity contribution is 5.37. The van der Waals surface area contributed by atoms with Gasteiger partial charge in [-0.15, -0.1) is 0 Å². The lowest BCUT2D eigenvalue weighted by atomic mass is 9.88. The lowest BCUT2D eigenvalue weighted by molar-refractivity contribution is 0.647. The number of hydrogen-bond acceptors (Lipinski definition) is 1. The van der Waals surface area contributed by atoms with E-state index in [2.05, 4.69) is 38.1 Å². The highest BCUT2D eigenvalue weighted by Crippen LogP contribution is 2.29. The summed E-state index contributed by atoms with van der Waals surface area (Å²) in [7, 11) is 0. The van der Waals surface area contributed by atoms with Crippen molar-refractivity contribution in [3.8, 4) is 0 Å². The fourth-order valence-corrected chi connectivity index (χ4v) is 2.44. The second-order valence-electron chi connectivity index (χ2n) is 4.86. The maximum absolute atomic E-state index is 6.37. The molecule has 1 aromatic rings. The van der Waals surface area contributed by atoms with E-state index in [-0.39, 0.29) is 6.04 Å². The summed E-state index contributed by atoms with van der Waals surface area (Å²) in [6.07, 6.45) is 7.34. The van der Waals surface area contributed by atoms with Crippen molar-refractivity contribution in [3.05, 3.63) is 46.5 Å². The Bertz CT molecular complexity index is 404. The fourth-order valence-electron chi connectivity index (χ4n) is 2.44. The molecule has 0 amide bonds. The van der Waals surface area contributed by atoms with Gasteiger partial charge in [-0.25, -0.2) is 0 Å². The molecule has 1 heteroatoms. The molecular formula is C15H21N. The summed E-state index contributed by atoms with van der Waals surface area (Å²) < 4.78 is 0. The van der Waals surface area contributed by atoms with Gasteiger partial charge in [0.2, 0.25) is 0 Å². The Morgan fingerprint density at radius 1 is 1.19 bits per heavy atom. The third kappa shape index (κ3) is 2.35. The van der Waals surface area contributed by atoms with Crippen molar-refractivity contribution in [3.63, 3.8) is 0 Å². The largest absolute Gasteiger partial charge is 0.321 e. The van der Waals surface area contributed by atoms with Crippen LogP contribution in [0.4, 0.5) is 0 Å². The molecule has 0 saturated heterocycles. The maximum Gasteiger partial charge on any atom is 0.0513 e. The maximum atomic E-state index is 6.37. The number of nitrogens with two attached hydrogens (primary N) is 1. The molecule has 0 heterocycles. The molecule has 2 rings (SSSR count). The summed E-state index contributed by atoms with van der Waals surface area (Å²) in [5.41, 5.74) is 11.7. The minimum absolute atomic E-state index is 0.111.